The SMILES string of the molecule is CC(C#N)CNC(=O)c1ccc(F)c(F)c1F. The number of carbonyl (C=O) groups is 1. The molecule has 0 saturated heterocycles. The molecule has 1 rings (SSSR count). The molecule has 0 radical (unpaired) electrons. The van der Waals surface area contributed by atoms with Gasteiger partial charge in [-0.25, -0.2) is 13.2 Å². The van der Waals surface area contributed by atoms with Gasteiger partial charge in [0.05, 0.1) is 17.6 Å². The van der Waals surface area contributed by atoms with Crippen LogP contribution in [0.15, 0.2) is 12.1 Å². The zero-order valence-electron chi connectivity index (χ0n) is 8.93. The first-order chi connectivity index (χ1) is 7.97. The van der Waals surface area contributed by atoms with Crippen molar-refractivity contribution < 1.29 is 18.0 Å². The fraction of sp³-hybridized carbons (Fsp3) is 0.273. The van der Waals surface area contributed by atoms with E-state index in [1.807, 2.05) is 6.07 Å². The summed E-state index contributed by atoms with van der Waals surface area (Å²) in [7, 11) is 0. The van der Waals surface area contributed by atoms with Crippen molar-refractivity contribution in [1.82, 2.24) is 5.32 Å². The molecule has 6 heteroatoms. The second-order valence-corrected chi connectivity index (χ2v) is 3.46. The third-order valence-electron chi connectivity index (χ3n) is 2.07. The Morgan fingerprint density at radius 2 is 2.06 bits per heavy atom. The molecule has 0 aromatic heterocycles. The molecule has 0 aliphatic rings. The van der Waals surface area contributed by atoms with Crippen LogP contribution in [0.2, 0.25) is 0 Å². The summed E-state index contributed by atoms with van der Waals surface area (Å²) in [6.45, 7) is 1.57. The van der Waals surface area contributed by atoms with Crippen molar-refractivity contribution in [1.29, 1.82) is 5.26 Å². The van der Waals surface area contributed by atoms with E-state index in [2.05, 4.69) is 5.32 Å². The predicted molar refractivity (Wildman–Crippen MR) is 53.4 cm³/mol. The zero-order chi connectivity index (χ0) is 13.0. The highest BCUT2D eigenvalue weighted by atomic mass is 19.2. The lowest BCUT2D eigenvalue weighted by Crippen LogP contribution is -2.28. The van der Waals surface area contributed by atoms with Crippen molar-refractivity contribution in [2.24, 2.45) is 5.92 Å². The van der Waals surface area contributed by atoms with Crippen LogP contribution in [0.4, 0.5) is 13.2 Å². The molecular formula is C11H9F3N2O. The number of halogens is 3. The molecule has 1 atom stereocenters. The van der Waals surface area contributed by atoms with Crippen molar-refractivity contribution >= 4 is 5.91 Å². The standard InChI is InChI=1S/C11H9F3N2O/c1-6(4-15)5-16-11(17)7-2-3-8(12)10(14)9(7)13/h2-3,6H,5H2,1H3,(H,16,17). The van der Waals surface area contributed by atoms with E-state index in [0.29, 0.717) is 6.07 Å². The van der Waals surface area contributed by atoms with Crippen LogP contribution in [0, 0.1) is 34.7 Å². The van der Waals surface area contributed by atoms with Gasteiger partial charge in [-0.2, -0.15) is 5.26 Å². The molecule has 1 N–H and O–H groups in total. The van der Waals surface area contributed by atoms with Gasteiger partial charge in [0.25, 0.3) is 5.91 Å². The van der Waals surface area contributed by atoms with E-state index in [9.17, 15) is 18.0 Å². The molecule has 1 unspecified atom stereocenters. The predicted octanol–water partition coefficient (Wildman–Crippen LogP) is 1.99. The van der Waals surface area contributed by atoms with Gasteiger partial charge in [-0.15, -0.1) is 0 Å². The van der Waals surface area contributed by atoms with Crippen LogP contribution < -0.4 is 5.32 Å². The summed E-state index contributed by atoms with van der Waals surface area (Å²) < 4.78 is 38.6. The summed E-state index contributed by atoms with van der Waals surface area (Å²) >= 11 is 0. The Kier molecular flexibility index (Phi) is 4.10. The van der Waals surface area contributed by atoms with Gasteiger partial charge in [0.2, 0.25) is 0 Å². The minimum Gasteiger partial charge on any atom is -0.351 e. The maximum absolute atomic E-state index is 13.2. The highest BCUT2D eigenvalue weighted by Gasteiger charge is 2.18. The maximum atomic E-state index is 13.2. The average molecular weight is 242 g/mol. The minimum absolute atomic E-state index is 0.00771. The first-order valence-electron chi connectivity index (χ1n) is 4.78. The number of nitrogens with zero attached hydrogens (tertiary/aromatic N) is 1. The number of hydrogen-bond acceptors (Lipinski definition) is 2. The molecule has 0 saturated carbocycles. The molecule has 0 aliphatic carbocycles. The topological polar surface area (TPSA) is 52.9 Å². The van der Waals surface area contributed by atoms with Crippen molar-refractivity contribution in [2.45, 2.75) is 6.92 Å². The molecule has 0 bridgehead atoms. The highest BCUT2D eigenvalue weighted by Crippen LogP contribution is 2.14. The van der Waals surface area contributed by atoms with E-state index in [-0.39, 0.29) is 6.54 Å². The van der Waals surface area contributed by atoms with E-state index in [4.69, 9.17) is 5.26 Å². The molecular weight excluding hydrogens is 233 g/mol. The number of hydrogen-bond donors (Lipinski definition) is 1. The summed E-state index contributed by atoms with van der Waals surface area (Å²) in [5, 5.41) is 10.7. The van der Waals surface area contributed by atoms with Crippen molar-refractivity contribution in [2.75, 3.05) is 6.54 Å². The molecule has 1 aromatic carbocycles. The molecule has 1 amide bonds. The summed E-state index contributed by atoms with van der Waals surface area (Å²) in [6.07, 6.45) is 0. The lowest BCUT2D eigenvalue weighted by atomic mass is 10.1. The molecule has 3 nitrogen and oxygen atoms in total. The first-order valence-corrected chi connectivity index (χ1v) is 4.78. The Bertz CT molecular complexity index is 482. The largest absolute Gasteiger partial charge is 0.351 e. The average Bonchev–Trinajstić information content (AvgIpc) is 2.32. The Hall–Kier alpha value is -2.03. The summed E-state index contributed by atoms with van der Waals surface area (Å²) in [4.78, 5) is 11.4. The third-order valence-corrected chi connectivity index (χ3v) is 2.07. The molecule has 0 aliphatic heterocycles. The number of benzene rings is 1. The number of nitriles is 1. The lowest BCUT2D eigenvalue weighted by molar-refractivity contribution is 0.0945. The molecule has 17 heavy (non-hydrogen) atoms. The third kappa shape index (κ3) is 2.97. The van der Waals surface area contributed by atoms with Crippen LogP contribution in [0.5, 0.6) is 0 Å². The smallest absolute Gasteiger partial charge is 0.254 e. The van der Waals surface area contributed by atoms with Crippen LogP contribution >= 0.6 is 0 Å². The van der Waals surface area contributed by atoms with Gasteiger partial charge in [-0.3, -0.25) is 4.79 Å². The Morgan fingerprint density at radius 1 is 1.41 bits per heavy atom. The molecule has 1 aromatic rings. The van der Waals surface area contributed by atoms with Crippen molar-refractivity contribution in [3.05, 3.63) is 35.1 Å². The van der Waals surface area contributed by atoms with E-state index in [1.165, 1.54) is 0 Å². The monoisotopic (exact) mass is 242 g/mol. The quantitative estimate of drug-likeness (QED) is 0.824. The second-order valence-electron chi connectivity index (χ2n) is 3.46. The number of nitrogens with one attached hydrogen (secondary N) is 1. The number of carbonyl (C=O) groups excluding carboxylic acids is 1. The van der Waals surface area contributed by atoms with E-state index in [0.717, 1.165) is 6.07 Å². The van der Waals surface area contributed by atoms with Gasteiger partial charge in [0, 0.05) is 6.54 Å². The van der Waals surface area contributed by atoms with Crippen LogP contribution in [-0.2, 0) is 0 Å². The molecule has 0 spiro atoms. The molecule has 0 heterocycles. The second kappa shape index (κ2) is 5.34. The summed E-state index contributed by atoms with van der Waals surface area (Å²) in [5.74, 6) is -5.92. The maximum Gasteiger partial charge on any atom is 0.254 e. The zero-order valence-corrected chi connectivity index (χ0v) is 8.93. The fourth-order valence-electron chi connectivity index (χ4n) is 1.09. The van der Waals surface area contributed by atoms with E-state index in [1.54, 1.807) is 6.92 Å². The van der Waals surface area contributed by atoms with Crippen molar-refractivity contribution in [3.8, 4) is 6.07 Å². The summed E-state index contributed by atoms with van der Waals surface area (Å²) in [5.41, 5.74) is -0.589. The minimum atomic E-state index is -1.69. The fourth-order valence-corrected chi connectivity index (χ4v) is 1.09. The van der Waals surface area contributed by atoms with Crippen molar-refractivity contribution in [3.63, 3.8) is 0 Å². The molecule has 90 valence electrons. The molecule has 0 fully saturated rings. The number of amides is 1. The van der Waals surface area contributed by atoms with Gasteiger partial charge in [0.1, 0.15) is 0 Å². The van der Waals surface area contributed by atoms with Crippen LogP contribution in [0.25, 0.3) is 0 Å². The lowest BCUT2D eigenvalue weighted by Gasteiger charge is -2.07. The van der Waals surface area contributed by atoms with Gasteiger partial charge in [-0.05, 0) is 19.1 Å². The van der Waals surface area contributed by atoms with E-state index >= 15 is 0 Å². The number of rotatable bonds is 3. The van der Waals surface area contributed by atoms with Crippen LogP contribution in [-0.4, -0.2) is 12.5 Å². The van der Waals surface area contributed by atoms with E-state index < -0.39 is 34.8 Å². The van der Waals surface area contributed by atoms with Crippen LogP contribution in [0.3, 0.4) is 0 Å². The van der Waals surface area contributed by atoms with Gasteiger partial charge >= 0.3 is 0 Å². The Morgan fingerprint density at radius 3 is 2.65 bits per heavy atom. The Labute approximate surface area is 95.9 Å². The highest BCUT2D eigenvalue weighted by molar-refractivity contribution is 5.94. The summed E-state index contributed by atoms with van der Waals surface area (Å²) in [6, 6.07) is 3.38. The van der Waals surface area contributed by atoms with Crippen LogP contribution in [0.1, 0.15) is 17.3 Å². The normalized spacial score (nSPS) is 11.7. The van der Waals surface area contributed by atoms with Gasteiger partial charge in [0.15, 0.2) is 17.5 Å². The van der Waals surface area contributed by atoms with Gasteiger partial charge in [-0.1, -0.05) is 0 Å². The first kappa shape index (κ1) is 13.0. The van der Waals surface area contributed by atoms with Gasteiger partial charge < -0.3 is 5.32 Å². The Balaban J connectivity index is 2.84.